The van der Waals surface area contributed by atoms with Crippen molar-refractivity contribution in [2.24, 2.45) is 5.92 Å². The molecule has 3 rings (SSSR count). The fourth-order valence-electron chi connectivity index (χ4n) is 4.63. The van der Waals surface area contributed by atoms with Gasteiger partial charge in [-0.1, -0.05) is 42.4 Å². The Morgan fingerprint density at radius 3 is 2.45 bits per heavy atom. The predicted molar refractivity (Wildman–Crippen MR) is 125 cm³/mol. The fourth-order valence-corrected chi connectivity index (χ4v) is 6.89. The molecule has 2 aliphatic rings. The van der Waals surface area contributed by atoms with Crippen LogP contribution in [0.4, 0.5) is 9.93 Å². The molecule has 0 unspecified atom stereocenters. The van der Waals surface area contributed by atoms with Crippen molar-refractivity contribution in [1.82, 2.24) is 9.88 Å². The summed E-state index contributed by atoms with van der Waals surface area (Å²) in [6, 6.07) is 0.485. The number of nitrogens with one attached hydrogen (secondary N) is 1. The van der Waals surface area contributed by atoms with Crippen LogP contribution in [0.1, 0.15) is 71.6 Å². The number of hydrogen-bond acceptors (Lipinski definition) is 6. The molecule has 9 heteroatoms. The molecule has 0 radical (unpaired) electrons. The first-order valence-corrected chi connectivity index (χ1v) is 12.9. The zero-order valence-corrected chi connectivity index (χ0v) is 20.4. The minimum absolute atomic E-state index is 0.0644. The van der Waals surface area contributed by atoms with Gasteiger partial charge in [-0.25, -0.2) is 9.78 Å². The van der Waals surface area contributed by atoms with Gasteiger partial charge in [0, 0.05) is 25.8 Å². The van der Waals surface area contributed by atoms with Gasteiger partial charge in [0.05, 0.1) is 10.4 Å². The van der Waals surface area contributed by atoms with Crippen LogP contribution in [0.3, 0.4) is 0 Å². The van der Waals surface area contributed by atoms with Crippen molar-refractivity contribution in [3.8, 4) is 0 Å². The number of ether oxygens (including phenoxy) is 1. The van der Waals surface area contributed by atoms with E-state index < -0.39 is 10.7 Å². The zero-order chi connectivity index (χ0) is 22.4. The monoisotopic (exact) mass is 469 g/mol. The van der Waals surface area contributed by atoms with Gasteiger partial charge in [-0.05, 0) is 58.3 Å². The number of aliphatic carboxylic acids is 1. The second-order valence-corrected chi connectivity index (χ2v) is 12.1. The molecule has 1 aromatic rings. The van der Waals surface area contributed by atoms with E-state index in [4.69, 9.17) is 4.74 Å². The summed E-state index contributed by atoms with van der Waals surface area (Å²) in [5, 5.41) is 12.9. The number of aromatic nitrogens is 1. The topological polar surface area (TPSA) is 91.8 Å². The van der Waals surface area contributed by atoms with Crippen molar-refractivity contribution in [2.75, 3.05) is 19.0 Å². The minimum Gasteiger partial charge on any atom is -0.480 e. The molecule has 2 aliphatic carbocycles. The first-order chi connectivity index (χ1) is 14.8. The van der Waals surface area contributed by atoms with Crippen LogP contribution >= 0.6 is 23.1 Å². The Bertz CT molecular complexity index is 741. The van der Waals surface area contributed by atoms with Gasteiger partial charge < -0.3 is 14.7 Å². The average Bonchev–Trinajstić information content (AvgIpc) is 3.16. The van der Waals surface area contributed by atoms with Crippen molar-refractivity contribution in [1.29, 1.82) is 0 Å². The number of methoxy groups -OCH3 is 1. The first-order valence-electron chi connectivity index (χ1n) is 11.3. The number of hydrogen-bond donors (Lipinski definition) is 2. The van der Waals surface area contributed by atoms with E-state index >= 15 is 0 Å². The van der Waals surface area contributed by atoms with Crippen LogP contribution in [0, 0.1) is 5.92 Å². The van der Waals surface area contributed by atoms with Gasteiger partial charge in [-0.3, -0.25) is 10.1 Å². The molecule has 0 spiro atoms. The van der Waals surface area contributed by atoms with Crippen LogP contribution in [-0.2, 0) is 9.53 Å². The molecule has 7 nitrogen and oxygen atoms in total. The van der Waals surface area contributed by atoms with Gasteiger partial charge in [0.2, 0.25) is 0 Å². The molecule has 1 heterocycles. The van der Waals surface area contributed by atoms with Crippen LogP contribution < -0.4 is 5.32 Å². The maximum absolute atomic E-state index is 13.4. The molecule has 2 N–H and O–H groups in total. The highest BCUT2D eigenvalue weighted by atomic mass is 32.2. The number of anilines is 1. The van der Waals surface area contributed by atoms with Crippen molar-refractivity contribution in [2.45, 2.75) is 92.7 Å². The largest absolute Gasteiger partial charge is 0.480 e. The van der Waals surface area contributed by atoms with Crippen molar-refractivity contribution < 1.29 is 19.4 Å². The summed E-state index contributed by atoms with van der Waals surface area (Å²) in [5.41, 5.74) is 0. The highest BCUT2D eigenvalue weighted by molar-refractivity contribution is 8.03. The van der Waals surface area contributed by atoms with Gasteiger partial charge in [-0.15, -0.1) is 0 Å². The number of carboxylic acids is 1. The van der Waals surface area contributed by atoms with Gasteiger partial charge >= 0.3 is 12.0 Å². The predicted octanol–water partition coefficient (Wildman–Crippen LogP) is 5.47. The highest BCUT2D eigenvalue weighted by Gasteiger charge is 2.35. The Labute approximate surface area is 193 Å². The third-order valence-corrected chi connectivity index (χ3v) is 8.58. The molecular formula is C22H35N3O4S2. The number of rotatable bonds is 8. The SMILES string of the molecule is COCC1CCC(N(C(=O)Nc2ncc(SC(C)(C)C(=O)O)s2)C2CCCCC2)CC1. The van der Waals surface area contributed by atoms with Gasteiger partial charge in [-0.2, -0.15) is 0 Å². The van der Waals surface area contributed by atoms with Crippen LogP contribution in [0.2, 0.25) is 0 Å². The number of thiazole rings is 1. The lowest BCUT2D eigenvalue weighted by molar-refractivity contribution is -0.138. The third kappa shape index (κ3) is 6.58. The van der Waals surface area contributed by atoms with E-state index in [0.717, 1.165) is 49.3 Å². The van der Waals surface area contributed by atoms with E-state index in [1.807, 2.05) is 0 Å². The number of carbonyl (C=O) groups excluding carboxylic acids is 1. The van der Waals surface area contributed by atoms with Crippen LogP contribution in [0.15, 0.2) is 10.4 Å². The number of thioether (sulfide) groups is 1. The second-order valence-electron chi connectivity index (χ2n) is 9.16. The molecule has 0 bridgehead atoms. The van der Waals surface area contributed by atoms with E-state index in [9.17, 15) is 14.7 Å². The Morgan fingerprint density at radius 2 is 1.84 bits per heavy atom. The molecule has 0 saturated heterocycles. The minimum atomic E-state index is -0.942. The van der Waals surface area contributed by atoms with Crippen LogP contribution in [-0.4, -0.2) is 57.5 Å². The smallest absolute Gasteiger partial charge is 0.324 e. The lowest BCUT2D eigenvalue weighted by Crippen LogP contribution is -2.51. The highest BCUT2D eigenvalue weighted by Crippen LogP contribution is 2.38. The lowest BCUT2D eigenvalue weighted by atomic mass is 9.84. The normalized spacial score (nSPS) is 22.8. The summed E-state index contributed by atoms with van der Waals surface area (Å²) in [6.45, 7) is 4.14. The maximum atomic E-state index is 13.4. The number of carbonyl (C=O) groups is 2. The number of amides is 2. The molecule has 2 fully saturated rings. The van der Waals surface area contributed by atoms with Gasteiger partial charge in [0.15, 0.2) is 5.13 Å². The summed E-state index contributed by atoms with van der Waals surface area (Å²) in [4.78, 5) is 31.2. The quantitative estimate of drug-likeness (QED) is 0.491. The van der Waals surface area contributed by atoms with E-state index in [1.54, 1.807) is 27.2 Å². The standard InChI is InChI=1S/C22H35N3O4S2/c1-22(2,19(26)27)31-18-13-23-20(30-18)24-21(28)25(16-7-5-4-6-8-16)17-11-9-15(10-12-17)14-29-3/h13,15-17H,4-12,14H2,1-3H3,(H,26,27)(H,23,24,28). The fraction of sp³-hybridized carbons (Fsp3) is 0.773. The third-order valence-electron chi connectivity index (χ3n) is 6.38. The molecule has 0 aromatic carbocycles. The van der Waals surface area contributed by atoms with Crippen LogP contribution in [0.25, 0.3) is 0 Å². The van der Waals surface area contributed by atoms with E-state index in [1.165, 1.54) is 42.4 Å². The van der Waals surface area contributed by atoms with E-state index in [0.29, 0.717) is 11.0 Å². The molecule has 31 heavy (non-hydrogen) atoms. The van der Waals surface area contributed by atoms with Crippen LogP contribution in [0.5, 0.6) is 0 Å². The molecule has 2 saturated carbocycles. The molecule has 2 amide bonds. The number of nitrogens with zero attached hydrogens (tertiary/aromatic N) is 2. The maximum Gasteiger partial charge on any atom is 0.324 e. The second kappa shape index (κ2) is 11.0. The molecule has 1 aromatic heterocycles. The first kappa shape index (κ1) is 24.3. The summed E-state index contributed by atoms with van der Waals surface area (Å²) in [6.07, 6.45) is 11.6. The van der Waals surface area contributed by atoms with Crippen molar-refractivity contribution in [3.63, 3.8) is 0 Å². The zero-order valence-electron chi connectivity index (χ0n) is 18.8. The lowest BCUT2D eigenvalue weighted by Gasteiger charge is -2.42. The Morgan fingerprint density at radius 1 is 1.19 bits per heavy atom. The van der Waals surface area contributed by atoms with E-state index in [2.05, 4.69) is 15.2 Å². The number of urea groups is 1. The molecule has 0 atom stereocenters. The average molecular weight is 470 g/mol. The Hall–Kier alpha value is -1.32. The molecular weight excluding hydrogens is 434 g/mol. The van der Waals surface area contributed by atoms with Crippen molar-refractivity contribution >= 4 is 40.2 Å². The van der Waals surface area contributed by atoms with E-state index in [-0.39, 0.29) is 18.1 Å². The summed E-state index contributed by atoms with van der Waals surface area (Å²) >= 11 is 2.59. The molecule has 174 valence electrons. The summed E-state index contributed by atoms with van der Waals surface area (Å²) < 4.78 is 5.18. The molecule has 0 aliphatic heterocycles. The van der Waals surface area contributed by atoms with Gasteiger partial charge in [0.25, 0.3) is 0 Å². The summed E-state index contributed by atoms with van der Waals surface area (Å²) in [7, 11) is 1.76. The number of carboxylic acid groups (broad SMARTS) is 1. The summed E-state index contributed by atoms with van der Waals surface area (Å²) in [5.74, 6) is -0.280. The van der Waals surface area contributed by atoms with Crippen molar-refractivity contribution in [3.05, 3.63) is 6.20 Å². The Kier molecular flexibility index (Phi) is 8.64. The Balaban J connectivity index is 1.67. The van der Waals surface area contributed by atoms with Gasteiger partial charge in [0.1, 0.15) is 4.75 Å².